The number of aromatic nitrogens is 2. The van der Waals surface area contributed by atoms with Crippen LogP contribution in [0.3, 0.4) is 0 Å². The number of carbonyl (C=O) groups is 2. The number of nitrogens with zero attached hydrogens (tertiary/aromatic N) is 3. The van der Waals surface area contributed by atoms with E-state index in [9.17, 15) is 18.0 Å². The molecule has 1 aromatic heterocycles. The number of ether oxygens (including phenoxy) is 1. The Kier molecular flexibility index (Phi) is 11.1. The maximum atomic E-state index is 13.0. The maximum Gasteiger partial charge on any atom is 0.490 e. The normalized spacial score (nSPS) is 13.7. The number of aliphatic carboxylic acids is 1. The van der Waals surface area contributed by atoms with Gasteiger partial charge in [-0.05, 0) is 67.9 Å². The van der Waals surface area contributed by atoms with E-state index in [0.717, 1.165) is 67.1 Å². The topological polar surface area (TPSA) is 109 Å². The number of alkyl halides is 3. The van der Waals surface area contributed by atoms with Gasteiger partial charge in [0.05, 0.1) is 46.3 Å². The minimum Gasteiger partial charge on any atom is -0.475 e. The van der Waals surface area contributed by atoms with Gasteiger partial charge in [-0.3, -0.25) is 9.69 Å². The Hall–Kier alpha value is -3.84. The van der Waals surface area contributed by atoms with Crippen molar-refractivity contribution < 1.29 is 32.6 Å². The van der Waals surface area contributed by atoms with Gasteiger partial charge in [-0.2, -0.15) is 18.3 Å². The number of halogens is 5. The van der Waals surface area contributed by atoms with Crippen molar-refractivity contribution in [2.24, 2.45) is 0 Å². The van der Waals surface area contributed by atoms with Gasteiger partial charge in [0.1, 0.15) is 0 Å². The zero-order valence-electron chi connectivity index (χ0n) is 23.6. The number of anilines is 2. The van der Waals surface area contributed by atoms with Crippen molar-refractivity contribution in [3.63, 3.8) is 0 Å². The van der Waals surface area contributed by atoms with Crippen LogP contribution in [-0.4, -0.2) is 77.2 Å². The summed E-state index contributed by atoms with van der Waals surface area (Å²) in [6, 6.07) is 17.1. The summed E-state index contributed by atoms with van der Waals surface area (Å²) in [7, 11) is 0. The van der Waals surface area contributed by atoms with Gasteiger partial charge >= 0.3 is 12.1 Å². The fraction of sp³-hybridized carbons (Fsp3) is 0.300. The number of rotatable bonds is 8. The second kappa shape index (κ2) is 14.8. The van der Waals surface area contributed by atoms with Crippen LogP contribution in [0.2, 0.25) is 10.0 Å². The van der Waals surface area contributed by atoms with Crippen molar-refractivity contribution in [1.82, 2.24) is 20.0 Å². The molecule has 0 radical (unpaired) electrons. The number of nitrogens with one attached hydrogen (secondary N) is 2. The van der Waals surface area contributed by atoms with Crippen LogP contribution in [0.15, 0.2) is 60.8 Å². The van der Waals surface area contributed by atoms with Crippen molar-refractivity contribution in [1.29, 1.82) is 0 Å². The molecule has 3 N–H and O–H groups in total. The standard InChI is InChI=1S/C28H29Cl2N5O2.C2HF3O2/c1-19-22(28(36)31-11-4-12-34-13-15-37-16-14-34)5-2-8-25(19)35-26-10-9-21(17-20(26)18-32-35)33-27-23(29)6-3-7-24(27)30;3-2(4,5)1(6)7/h2-3,5-10,17-18,33H,4,11-16H2,1H3,(H,31,36);(H,6,7). The van der Waals surface area contributed by atoms with E-state index in [0.29, 0.717) is 27.8 Å². The van der Waals surface area contributed by atoms with E-state index >= 15 is 0 Å². The molecule has 44 heavy (non-hydrogen) atoms. The molecule has 5 rings (SSSR count). The lowest BCUT2D eigenvalue weighted by Crippen LogP contribution is -2.38. The number of carbonyl (C=O) groups excluding carboxylic acids is 1. The Morgan fingerprint density at radius 1 is 1.05 bits per heavy atom. The molecule has 0 saturated carbocycles. The van der Waals surface area contributed by atoms with Crippen molar-refractivity contribution in [2.45, 2.75) is 19.5 Å². The van der Waals surface area contributed by atoms with Crippen molar-refractivity contribution >= 4 is 57.4 Å². The minimum atomic E-state index is -5.08. The van der Waals surface area contributed by atoms with E-state index in [4.69, 9.17) is 37.8 Å². The maximum absolute atomic E-state index is 13.0. The van der Waals surface area contributed by atoms with E-state index < -0.39 is 12.1 Å². The quantitative estimate of drug-likeness (QED) is 0.187. The number of hydrogen-bond donors (Lipinski definition) is 3. The fourth-order valence-corrected chi connectivity index (χ4v) is 5.08. The second-order valence-corrected chi connectivity index (χ2v) is 10.7. The third-order valence-electron chi connectivity index (χ3n) is 6.86. The molecular weight excluding hydrogens is 622 g/mol. The van der Waals surface area contributed by atoms with Crippen LogP contribution in [0.1, 0.15) is 22.3 Å². The third kappa shape index (κ3) is 8.41. The van der Waals surface area contributed by atoms with Gasteiger partial charge in [0.15, 0.2) is 0 Å². The highest BCUT2D eigenvalue weighted by Gasteiger charge is 2.38. The van der Waals surface area contributed by atoms with Gasteiger partial charge in [-0.1, -0.05) is 35.3 Å². The highest BCUT2D eigenvalue weighted by atomic mass is 35.5. The molecule has 1 saturated heterocycles. The molecule has 3 aromatic carbocycles. The first kappa shape index (κ1) is 33.1. The molecule has 1 fully saturated rings. The van der Waals surface area contributed by atoms with E-state index in [1.165, 1.54) is 0 Å². The molecule has 1 amide bonds. The Morgan fingerprint density at radius 3 is 2.36 bits per heavy atom. The van der Waals surface area contributed by atoms with Gasteiger partial charge in [0.2, 0.25) is 0 Å². The van der Waals surface area contributed by atoms with E-state index in [1.807, 2.05) is 60.3 Å². The summed E-state index contributed by atoms with van der Waals surface area (Å²) in [5.74, 6) is -2.83. The average Bonchev–Trinajstić information content (AvgIpc) is 3.41. The summed E-state index contributed by atoms with van der Waals surface area (Å²) in [6.07, 6.45) is -2.36. The average molecular weight is 653 g/mol. The van der Waals surface area contributed by atoms with Crippen molar-refractivity contribution in [2.75, 3.05) is 44.7 Å². The monoisotopic (exact) mass is 651 g/mol. The highest BCUT2D eigenvalue weighted by Crippen LogP contribution is 2.34. The Bertz CT molecular complexity index is 1600. The van der Waals surface area contributed by atoms with Gasteiger partial charge in [-0.15, -0.1) is 0 Å². The Balaban J connectivity index is 0.000000566. The lowest BCUT2D eigenvalue weighted by atomic mass is 10.1. The molecule has 1 aliphatic heterocycles. The molecule has 0 unspecified atom stereocenters. The number of hydrogen-bond acceptors (Lipinski definition) is 6. The molecule has 4 aromatic rings. The summed E-state index contributed by atoms with van der Waals surface area (Å²) >= 11 is 12.6. The van der Waals surface area contributed by atoms with Crippen LogP contribution in [0.4, 0.5) is 24.5 Å². The molecule has 9 nitrogen and oxygen atoms in total. The molecule has 1 aliphatic rings. The SMILES string of the molecule is Cc1c(C(=O)NCCCN2CCOCC2)cccc1-n1ncc2cc(Nc3c(Cl)cccc3Cl)ccc21.O=C(O)C(F)(F)F. The molecule has 234 valence electrons. The summed E-state index contributed by atoms with van der Waals surface area (Å²) in [4.78, 5) is 24.2. The van der Waals surface area contributed by atoms with Crippen LogP contribution in [0.5, 0.6) is 0 Å². The number of fused-ring (bicyclic) bond motifs is 1. The summed E-state index contributed by atoms with van der Waals surface area (Å²) in [6.45, 7) is 7.04. The molecule has 0 spiro atoms. The van der Waals surface area contributed by atoms with Gasteiger partial charge in [0.25, 0.3) is 5.91 Å². The summed E-state index contributed by atoms with van der Waals surface area (Å²) in [5, 5.41) is 20.2. The molecule has 14 heteroatoms. The molecule has 0 atom stereocenters. The minimum absolute atomic E-state index is 0.0686. The van der Waals surface area contributed by atoms with E-state index in [2.05, 4.69) is 20.6 Å². The van der Waals surface area contributed by atoms with Gasteiger partial charge in [0, 0.05) is 36.3 Å². The van der Waals surface area contributed by atoms with E-state index in [1.54, 1.807) is 12.1 Å². The van der Waals surface area contributed by atoms with Gasteiger partial charge in [-0.25, -0.2) is 9.48 Å². The highest BCUT2D eigenvalue weighted by molar-refractivity contribution is 6.39. The van der Waals surface area contributed by atoms with Gasteiger partial charge < -0.3 is 20.5 Å². The van der Waals surface area contributed by atoms with Crippen LogP contribution in [-0.2, 0) is 9.53 Å². The number of amides is 1. The molecule has 0 aliphatic carbocycles. The Labute approximate surface area is 261 Å². The largest absolute Gasteiger partial charge is 0.490 e. The number of carboxylic acids is 1. The summed E-state index contributed by atoms with van der Waals surface area (Å²) < 4.78 is 39.0. The first-order valence-electron chi connectivity index (χ1n) is 13.6. The third-order valence-corrected chi connectivity index (χ3v) is 7.49. The first-order valence-corrected chi connectivity index (χ1v) is 14.4. The van der Waals surface area contributed by atoms with Crippen molar-refractivity contribution in [3.8, 4) is 5.69 Å². The van der Waals surface area contributed by atoms with Crippen LogP contribution >= 0.6 is 23.2 Å². The number of morpholine rings is 1. The molecular formula is C30H30Cl2F3N5O4. The zero-order valence-corrected chi connectivity index (χ0v) is 25.1. The number of benzene rings is 3. The molecule has 2 heterocycles. The van der Waals surface area contributed by atoms with Crippen LogP contribution in [0.25, 0.3) is 16.6 Å². The summed E-state index contributed by atoms with van der Waals surface area (Å²) in [5.41, 5.74) is 4.84. The smallest absolute Gasteiger partial charge is 0.475 e. The second-order valence-electron chi connectivity index (χ2n) is 9.87. The van der Waals surface area contributed by atoms with Crippen LogP contribution < -0.4 is 10.6 Å². The number of carboxylic acid groups (broad SMARTS) is 1. The van der Waals surface area contributed by atoms with Crippen LogP contribution in [0, 0.1) is 6.92 Å². The molecule has 0 bridgehead atoms. The number of para-hydroxylation sites is 1. The predicted octanol–water partition coefficient (Wildman–Crippen LogP) is 6.47. The predicted molar refractivity (Wildman–Crippen MR) is 163 cm³/mol. The Morgan fingerprint density at radius 2 is 1.70 bits per heavy atom. The lowest BCUT2D eigenvalue weighted by molar-refractivity contribution is -0.192. The zero-order chi connectivity index (χ0) is 31.9. The van der Waals surface area contributed by atoms with Crippen molar-refractivity contribution in [3.05, 3.63) is 82.0 Å². The lowest BCUT2D eigenvalue weighted by Gasteiger charge is -2.26. The first-order chi connectivity index (χ1) is 21.0. The van der Waals surface area contributed by atoms with E-state index in [-0.39, 0.29) is 5.91 Å². The fourth-order valence-electron chi connectivity index (χ4n) is 4.59.